The Kier molecular flexibility index (Phi) is 3.22. The normalized spacial score (nSPS) is 27.3. The third kappa shape index (κ3) is 2.00. The van der Waals surface area contributed by atoms with E-state index in [1.54, 1.807) is 0 Å². The molecule has 2 N–H and O–H groups in total. The molecule has 1 aliphatic carbocycles. The summed E-state index contributed by atoms with van der Waals surface area (Å²) in [5, 5.41) is 0. The molecular weight excluding hydrogens is 295 g/mol. The van der Waals surface area contributed by atoms with Gasteiger partial charge in [-0.2, -0.15) is 0 Å². The second-order valence-corrected chi connectivity index (χ2v) is 6.27. The Bertz CT molecular complexity index is 463. The van der Waals surface area contributed by atoms with Gasteiger partial charge in [-0.25, -0.2) is 4.39 Å². The van der Waals surface area contributed by atoms with Gasteiger partial charge in [0.1, 0.15) is 5.82 Å². The second kappa shape index (κ2) is 4.72. The zero-order valence-corrected chi connectivity index (χ0v) is 11.9. The van der Waals surface area contributed by atoms with Gasteiger partial charge in [0.15, 0.2) is 0 Å². The number of halogens is 2. The fraction of sp³-hybridized carbons (Fsp3) is 0.571. The third-order valence-electron chi connectivity index (χ3n) is 4.39. The van der Waals surface area contributed by atoms with Crippen LogP contribution in [0.5, 0.6) is 0 Å². The van der Waals surface area contributed by atoms with Gasteiger partial charge >= 0.3 is 0 Å². The Morgan fingerprint density at radius 3 is 2.83 bits per heavy atom. The molecule has 4 heteroatoms. The zero-order chi connectivity index (χ0) is 12.7. The van der Waals surface area contributed by atoms with E-state index in [-0.39, 0.29) is 5.82 Å². The smallest absolute Gasteiger partial charge is 0.139 e. The minimum absolute atomic E-state index is 0.282. The van der Waals surface area contributed by atoms with Crippen molar-refractivity contribution >= 4 is 27.3 Å². The van der Waals surface area contributed by atoms with E-state index >= 15 is 0 Å². The summed E-state index contributed by atoms with van der Waals surface area (Å²) in [5.74, 6) is 0.526. The van der Waals surface area contributed by atoms with E-state index in [1.807, 2.05) is 6.07 Å². The summed E-state index contributed by atoms with van der Waals surface area (Å²) < 4.78 is 13.9. The van der Waals surface area contributed by atoms with Crippen LogP contribution in [0.25, 0.3) is 0 Å². The topological polar surface area (TPSA) is 29.3 Å². The molecule has 2 atom stereocenters. The fourth-order valence-corrected chi connectivity index (χ4v) is 3.84. The lowest BCUT2D eigenvalue weighted by atomic mass is 9.85. The molecule has 0 spiro atoms. The van der Waals surface area contributed by atoms with Crippen LogP contribution in [0.1, 0.15) is 32.1 Å². The number of anilines is 2. The summed E-state index contributed by atoms with van der Waals surface area (Å²) >= 11 is 3.26. The summed E-state index contributed by atoms with van der Waals surface area (Å²) in [6, 6.07) is 3.87. The number of hydrogen-bond donors (Lipinski definition) is 1. The van der Waals surface area contributed by atoms with Crippen molar-refractivity contribution in [3.8, 4) is 0 Å². The van der Waals surface area contributed by atoms with Gasteiger partial charge in [-0.1, -0.05) is 12.8 Å². The van der Waals surface area contributed by atoms with Crippen molar-refractivity contribution in [2.75, 3.05) is 17.2 Å². The van der Waals surface area contributed by atoms with Crippen molar-refractivity contribution < 1.29 is 4.39 Å². The molecule has 1 aliphatic heterocycles. The summed E-state index contributed by atoms with van der Waals surface area (Å²) in [7, 11) is 0. The first-order valence-electron chi connectivity index (χ1n) is 6.68. The maximum Gasteiger partial charge on any atom is 0.139 e. The Morgan fingerprint density at radius 1 is 1.22 bits per heavy atom. The van der Waals surface area contributed by atoms with Crippen LogP contribution >= 0.6 is 15.9 Å². The molecule has 2 unspecified atom stereocenters. The molecule has 3 rings (SSSR count). The van der Waals surface area contributed by atoms with Gasteiger partial charge in [0.2, 0.25) is 0 Å². The molecule has 2 nitrogen and oxygen atoms in total. The van der Waals surface area contributed by atoms with Crippen molar-refractivity contribution in [3.63, 3.8) is 0 Å². The van der Waals surface area contributed by atoms with Crippen LogP contribution in [0.3, 0.4) is 0 Å². The van der Waals surface area contributed by atoms with Gasteiger partial charge < -0.3 is 10.6 Å². The molecule has 98 valence electrons. The Morgan fingerprint density at radius 2 is 2.00 bits per heavy atom. The number of rotatable bonds is 1. The molecule has 1 aromatic rings. The number of benzene rings is 1. The zero-order valence-electron chi connectivity index (χ0n) is 10.3. The molecule has 2 fully saturated rings. The van der Waals surface area contributed by atoms with Crippen molar-refractivity contribution in [1.29, 1.82) is 0 Å². The average molecular weight is 313 g/mol. The van der Waals surface area contributed by atoms with Gasteiger partial charge in [0.25, 0.3) is 0 Å². The van der Waals surface area contributed by atoms with Crippen molar-refractivity contribution in [2.24, 2.45) is 5.92 Å². The lowest BCUT2D eigenvalue weighted by molar-refractivity contribution is 0.342. The highest BCUT2D eigenvalue weighted by atomic mass is 79.9. The summed E-state index contributed by atoms with van der Waals surface area (Å²) in [5.41, 5.74) is 7.54. The van der Waals surface area contributed by atoms with Gasteiger partial charge in [-0.3, -0.25) is 0 Å². The molecule has 0 amide bonds. The molecule has 0 radical (unpaired) electrons. The molecule has 0 bridgehead atoms. The lowest BCUT2D eigenvalue weighted by Gasteiger charge is -2.34. The predicted octanol–water partition coefficient (Wildman–Crippen LogP) is 3.94. The van der Waals surface area contributed by atoms with Crippen LogP contribution in [0.4, 0.5) is 15.8 Å². The summed E-state index contributed by atoms with van der Waals surface area (Å²) in [6.07, 6.45) is 6.50. The fourth-order valence-electron chi connectivity index (χ4n) is 3.51. The van der Waals surface area contributed by atoms with Crippen molar-refractivity contribution in [3.05, 3.63) is 22.4 Å². The van der Waals surface area contributed by atoms with E-state index in [4.69, 9.17) is 5.73 Å². The lowest BCUT2D eigenvalue weighted by Crippen LogP contribution is -2.35. The van der Waals surface area contributed by atoms with Crippen LogP contribution in [0.2, 0.25) is 0 Å². The standard InChI is InChI=1S/C14H18BrFN2/c15-10-7-14(12(17)8-11(10)16)18-6-5-9-3-1-2-4-13(9)18/h7-9,13H,1-6,17H2. The number of fused-ring (bicyclic) bond motifs is 1. The van der Waals surface area contributed by atoms with Gasteiger partial charge in [-0.05, 0) is 47.2 Å². The Balaban J connectivity index is 1.93. The molecular formula is C14H18BrFN2. The van der Waals surface area contributed by atoms with E-state index < -0.39 is 0 Å². The number of hydrogen-bond acceptors (Lipinski definition) is 2. The highest BCUT2D eigenvalue weighted by Gasteiger charge is 2.36. The first-order chi connectivity index (χ1) is 8.66. The first-order valence-corrected chi connectivity index (χ1v) is 7.47. The minimum atomic E-state index is -0.282. The molecule has 1 saturated carbocycles. The monoisotopic (exact) mass is 312 g/mol. The van der Waals surface area contributed by atoms with Crippen LogP contribution in [0, 0.1) is 11.7 Å². The molecule has 1 aromatic carbocycles. The van der Waals surface area contributed by atoms with Crippen molar-refractivity contribution in [1.82, 2.24) is 0 Å². The van der Waals surface area contributed by atoms with Crippen LogP contribution < -0.4 is 10.6 Å². The quantitative estimate of drug-likeness (QED) is 0.796. The van der Waals surface area contributed by atoms with E-state index in [9.17, 15) is 4.39 Å². The Labute approximate surface area is 115 Å². The van der Waals surface area contributed by atoms with E-state index in [2.05, 4.69) is 20.8 Å². The largest absolute Gasteiger partial charge is 0.397 e. The molecule has 2 aliphatic rings. The highest BCUT2D eigenvalue weighted by molar-refractivity contribution is 9.10. The number of nitrogen functional groups attached to an aromatic ring is 1. The van der Waals surface area contributed by atoms with E-state index in [0.29, 0.717) is 16.2 Å². The molecule has 18 heavy (non-hydrogen) atoms. The first kappa shape index (κ1) is 12.3. The average Bonchev–Trinajstić information content (AvgIpc) is 2.78. The predicted molar refractivity (Wildman–Crippen MR) is 76.2 cm³/mol. The molecule has 1 saturated heterocycles. The highest BCUT2D eigenvalue weighted by Crippen LogP contribution is 2.41. The molecule has 1 heterocycles. The molecule has 0 aromatic heterocycles. The van der Waals surface area contributed by atoms with Crippen LogP contribution in [0.15, 0.2) is 16.6 Å². The maximum atomic E-state index is 13.4. The van der Waals surface area contributed by atoms with E-state index in [1.165, 1.54) is 38.2 Å². The number of nitrogens with two attached hydrogens (primary N) is 1. The van der Waals surface area contributed by atoms with E-state index in [0.717, 1.165) is 18.2 Å². The summed E-state index contributed by atoms with van der Waals surface area (Å²) in [6.45, 7) is 1.05. The third-order valence-corrected chi connectivity index (χ3v) is 5.00. The Hall–Kier alpha value is -0.770. The van der Waals surface area contributed by atoms with Crippen molar-refractivity contribution in [2.45, 2.75) is 38.1 Å². The number of nitrogens with zero attached hydrogens (tertiary/aromatic N) is 1. The summed E-state index contributed by atoms with van der Waals surface area (Å²) in [4.78, 5) is 2.39. The van der Waals surface area contributed by atoms with Crippen LogP contribution in [-0.2, 0) is 0 Å². The van der Waals surface area contributed by atoms with Gasteiger partial charge in [0.05, 0.1) is 15.8 Å². The SMILES string of the molecule is Nc1cc(F)c(Br)cc1N1CCC2CCCCC21. The second-order valence-electron chi connectivity index (χ2n) is 5.42. The van der Waals surface area contributed by atoms with Crippen LogP contribution in [-0.4, -0.2) is 12.6 Å². The van der Waals surface area contributed by atoms with Gasteiger partial charge in [0, 0.05) is 18.7 Å². The van der Waals surface area contributed by atoms with Gasteiger partial charge in [-0.15, -0.1) is 0 Å². The minimum Gasteiger partial charge on any atom is -0.397 e. The maximum absolute atomic E-state index is 13.4.